The van der Waals surface area contributed by atoms with Gasteiger partial charge in [-0.05, 0) is 134 Å². The fourth-order valence-corrected chi connectivity index (χ4v) is 14.4. The maximum absolute atomic E-state index is 14.8. The predicted molar refractivity (Wildman–Crippen MR) is 362 cm³/mol. The van der Waals surface area contributed by atoms with Crippen LogP contribution < -0.4 is 9.47 Å². The molecule has 2 atom stereocenters. The third-order valence-corrected chi connectivity index (χ3v) is 19.8. The lowest BCUT2D eigenvalue weighted by Crippen LogP contribution is -2.30. The second-order valence-electron chi connectivity index (χ2n) is 25.2. The van der Waals surface area contributed by atoms with Crippen molar-refractivity contribution in [3.05, 3.63) is 116 Å². The summed E-state index contributed by atoms with van der Waals surface area (Å²) in [5, 5.41) is 4.11. The molecule has 0 fully saturated rings. The van der Waals surface area contributed by atoms with E-state index in [9.17, 15) is 9.59 Å². The zero-order chi connectivity index (χ0) is 59.1. The molecule has 0 saturated heterocycles. The lowest BCUT2D eigenvalue weighted by molar-refractivity contribution is -0.124. The van der Waals surface area contributed by atoms with Crippen LogP contribution >= 0.6 is 22.7 Å². The van der Waals surface area contributed by atoms with Crippen molar-refractivity contribution in [3.63, 3.8) is 0 Å². The first-order valence-electron chi connectivity index (χ1n) is 35.1. The molecule has 6 rings (SSSR count). The Morgan fingerprint density at radius 1 is 0.357 bits per heavy atom. The van der Waals surface area contributed by atoms with E-state index in [2.05, 4.69) is 99.1 Å². The van der Waals surface area contributed by atoms with Crippen molar-refractivity contribution >= 4 is 45.9 Å². The lowest BCUT2D eigenvalue weighted by atomic mass is 9.94. The van der Waals surface area contributed by atoms with Crippen LogP contribution in [0.25, 0.3) is 11.4 Å². The summed E-state index contributed by atoms with van der Waals surface area (Å²) in [5.74, 6) is 3.20. The minimum absolute atomic E-state index is 0.0282. The van der Waals surface area contributed by atoms with Gasteiger partial charge in [0, 0.05) is 13.1 Å². The molecule has 4 aromatic rings. The summed E-state index contributed by atoms with van der Waals surface area (Å²) in [5.41, 5.74) is 5.46. The SMILES string of the molecule is CCCCCCCCCCC(CCCCCCCC)COc1ccc(CCCCCN2C(=O)C3=C(c4cccs4)N(CCCCCc4ccc(OCC(CCCCCCCC)CCCCCCCCCC)cc4)C(=O)C3=C2c2cccs2)cc1. The van der Waals surface area contributed by atoms with Crippen LogP contribution in [0.2, 0.25) is 0 Å². The molecular weight excluding hydrogens is 1070 g/mol. The van der Waals surface area contributed by atoms with Gasteiger partial charge in [-0.1, -0.05) is 257 Å². The number of unbranched alkanes of at least 4 members (excludes halogenated alkanes) is 28. The first kappa shape index (κ1) is 69.0. The number of thiophene rings is 2. The summed E-state index contributed by atoms with van der Waals surface area (Å²) < 4.78 is 13.0. The summed E-state index contributed by atoms with van der Waals surface area (Å²) in [6.45, 7) is 12.0. The normalized spacial score (nSPS) is 14.2. The summed E-state index contributed by atoms with van der Waals surface area (Å²) in [7, 11) is 0. The van der Waals surface area contributed by atoms with E-state index >= 15 is 0 Å². The Bertz CT molecular complexity index is 2220. The van der Waals surface area contributed by atoms with E-state index in [1.165, 1.54) is 217 Å². The van der Waals surface area contributed by atoms with Crippen LogP contribution in [0.5, 0.6) is 11.5 Å². The van der Waals surface area contributed by atoms with Crippen LogP contribution in [-0.2, 0) is 22.4 Å². The van der Waals surface area contributed by atoms with Crippen molar-refractivity contribution in [2.45, 2.75) is 285 Å². The van der Waals surface area contributed by atoms with E-state index in [1.54, 1.807) is 22.7 Å². The quantitative estimate of drug-likeness (QED) is 0.0414. The van der Waals surface area contributed by atoms with Crippen LogP contribution in [0, 0.1) is 11.8 Å². The molecule has 0 spiro atoms. The Kier molecular flexibility index (Phi) is 35.0. The van der Waals surface area contributed by atoms with E-state index in [0.717, 1.165) is 97.2 Å². The molecule has 6 nitrogen and oxygen atoms in total. The summed E-state index contributed by atoms with van der Waals surface area (Å²) in [6, 6.07) is 25.9. The van der Waals surface area contributed by atoms with E-state index in [1.807, 2.05) is 21.9 Å². The molecule has 0 aliphatic carbocycles. The Balaban J connectivity index is 0.950. The van der Waals surface area contributed by atoms with Crippen molar-refractivity contribution in [2.75, 3.05) is 26.3 Å². The molecule has 0 bridgehead atoms. The molecule has 0 N–H and O–H groups in total. The number of aryl methyl sites for hydroxylation is 2. The lowest BCUT2D eigenvalue weighted by Gasteiger charge is -2.24. The van der Waals surface area contributed by atoms with Crippen molar-refractivity contribution in [2.24, 2.45) is 11.8 Å². The second-order valence-corrected chi connectivity index (χ2v) is 27.1. The number of fused-ring (bicyclic) bond motifs is 1. The molecule has 8 heteroatoms. The van der Waals surface area contributed by atoms with Gasteiger partial charge in [-0.3, -0.25) is 9.59 Å². The molecule has 0 radical (unpaired) electrons. The minimum atomic E-state index is -0.0282. The number of ether oxygens (including phenoxy) is 2. The number of carbonyl (C=O) groups is 2. The van der Waals surface area contributed by atoms with Crippen LogP contribution in [0.15, 0.2) is 94.7 Å². The van der Waals surface area contributed by atoms with Crippen molar-refractivity contribution < 1.29 is 19.1 Å². The van der Waals surface area contributed by atoms with Gasteiger partial charge in [0.15, 0.2) is 0 Å². The van der Waals surface area contributed by atoms with Crippen LogP contribution in [0.3, 0.4) is 0 Å². The first-order chi connectivity index (χ1) is 41.4. The van der Waals surface area contributed by atoms with Gasteiger partial charge in [0.1, 0.15) is 11.5 Å². The molecule has 2 unspecified atom stereocenters. The third-order valence-electron chi connectivity index (χ3n) is 18.1. The van der Waals surface area contributed by atoms with Gasteiger partial charge in [0.05, 0.1) is 45.5 Å². The van der Waals surface area contributed by atoms with Gasteiger partial charge >= 0.3 is 0 Å². The monoisotopic (exact) mass is 1180 g/mol. The van der Waals surface area contributed by atoms with Gasteiger partial charge in [-0.2, -0.15) is 0 Å². The molecule has 2 aliphatic heterocycles. The maximum Gasteiger partial charge on any atom is 0.261 e. The number of nitrogens with zero attached hydrogens (tertiary/aromatic N) is 2. The van der Waals surface area contributed by atoms with Crippen LogP contribution in [0.4, 0.5) is 0 Å². The molecule has 84 heavy (non-hydrogen) atoms. The highest BCUT2D eigenvalue weighted by Gasteiger charge is 2.49. The molecule has 4 heterocycles. The first-order valence-corrected chi connectivity index (χ1v) is 36.8. The highest BCUT2D eigenvalue weighted by Crippen LogP contribution is 2.48. The molecule has 2 aliphatic rings. The standard InChI is InChI=1S/C76H116N2O4S2/c1-5-9-13-17-21-23-27-33-45-65(43-31-25-19-15-11-7-3)61-81-67-53-49-63(50-54-67)41-35-29-37-57-77-73(69-47-39-59-83-69)71-72(75(77)79)74(70-48-40-60-84-70)78(76(71)80)58-38-30-36-42-64-51-55-68(56-52-64)82-62-66(44-32-26-20-16-12-8-4)46-34-28-24-22-18-14-10-6-2/h39-40,47-56,59-60,65-66H,5-38,41-46,57-58,61-62H2,1-4H3. The van der Waals surface area contributed by atoms with Crippen LogP contribution in [-0.4, -0.2) is 47.9 Å². The Labute approximate surface area is 521 Å². The number of carbonyl (C=O) groups excluding carboxylic acids is 2. The van der Waals surface area contributed by atoms with E-state index < -0.39 is 0 Å². The molecular formula is C76H116N2O4S2. The molecule has 2 aromatic heterocycles. The minimum Gasteiger partial charge on any atom is -0.493 e. The van der Waals surface area contributed by atoms with E-state index in [-0.39, 0.29) is 11.8 Å². The van der Waals surface area contributed by atoms with E-state index in [0.29, 0.717) is 36.1 Å². The van der Waals surface area contributed by atoms with Crippen molar-refractivity contribution in [1.29, 1.82) is 0 Å². The van der Waals surface area contributed by atoms with Gasteiger partial charge in [0.2, 0.25) is 0 Å². The fourth-order valence-electron chi connectivity index (χ4n) is 12.8. The number of amides is 2. The number of rotatable bonds is 52. The summed E-state index contributed by atoms with van der Waals surface area (Å²) >= 11 is 3.23. The van der Waals surface area contributed by atoms with Gasteiger partial charge in [-0.25, -0.2) is 0 Å². The van der Waals surface area contributed by atoms with Gasteiger partial charge in [0.25, 0.3) is 11.8 Å². The summed E-state index contributed by atoms with van der Waals surface area (Å²) in [6.07, 6.45) is 51.1. The average Bonchev–Trinajstić information content (AvgIpc) is 2.82. The molecule has 2 amide bonds. The number of benzene rings is 2. The zero-order valence-electron chi connectivity index (χ0n) is 53.7. The van der Waals surface area contributed by atoms with Gasteiger partial charge in [-0.15, -0.1) is 22.7 Å². The maximum atomic E-state index is 14.8. The Morgan fingerprint density at radius 2 is 0.655 bits per heavy atom. The molecule has 2 aromatic carbocycles. The second kappa shape index (κ2) is 42.7. The predicted octanol–water partition coefficient (Wildman–Crippen LogP) is 23.0. The highest BCUT2D eigenvalue weighted by molar-refractivity contribution is 7.11. The fraction of sp³-hybridized carbons (Fsp3) is 0.658. The smallest absolute Gasteiger partial charge is 0.261 e. The third kappa shape index (κ3) is 24.9. The molecule has 0 saturated carbocycles. The zero-order valence-corrected chi connectivity index (χ0v) is 55.3. The highest BCUT2D eigenvalue weighted by atomic mass is 32.1. The molecule has 466 valence electrons. The van der Waals surface area contributed by atoms with Crippen molar-refractivity contribution in [1.82, 2.24) is 9.80 Å². The number of hydrogen-bond donors (Lipinski definition) is 0. The Hall–Kier alpha value is -4.14. The average molecular weight is 1190 g/mol. The summed E-state index contributed by atoms with van der Waals surface area (Å²) in [4.78, 5) is 35.4. The van der Waals surface area contributed by atoms with Gasteiger partial charge < -0.3 is 19.3 Å². The topological polar surface area (TPSA) is 59.1 Å². The number of hydrogen-bond acceptors (Lipinski definition) is 6. The van der Waals surface area contributed by atoms with Crippen LogP contribution in [0.1, 0.15) is 293 Å². The largest absolute Gasteiger partial charge is 0.493 e. The Morgan fingerprint density at radius 3 is 0.952 bits per heavy atom. The van der Waals surface area contributed by atoms with E-state index in [4.69, 9.17) is 9.47 Å². The van der Waals surface area contributed by atoms with Crippen molar-refractivity contribution in [3.8, 4) is 11.5 Å².